The van der Waals surface area contributed by atoms with Crippen LogP contribution in [-0.2, 0) is 6.42 Å². The lowest BCUT2D eigenvalue weighted by Crippen LogP contribution is -2.32. The Morgan fingerprint density at radius 1 is 0.771 bits per heavy atom. The highest BCUT2D eigenvalue weighted by molar-refractivity contribution is 6.05. The van der Waals surface area contributed by atoms with E-state index in [-0.39, 0.29) is 17.4 Å². The average molecular weight is 466 g/mol. The topological polar surface area (TPSA) is 80.2 Å². The van der Waals surface area contributed by atoms with Crippen molar-refractivity contribution in [3.63, 3.8) is 0 Å². The van der Waals surface area contributed by atoms with Gasteiger partial charge in [-0.25, -0.2) is 0 Å². The van der Waals surface area contributed by atoms with Gasteiger partial charge < -0.3 is 10.6 Å². The molecule has 0 bridgehead atoms. The van der Waals surface area contributed by atoms with Crippen LogP contribution in [0.4, 0.5) is 5.69 Å². The average Bonchev–Trinajstić information content (AvgIpc) is 2.88. The summed E-state index contributed by atoms with van der Waals surface area (Å²) in [5.41, 5.74) is 3.61. The summed E-state index contributed by atoms with van der Waals surface area (Å²) in [5.74, 6) is -0.585. The molecule has 4 rings (SSSR count). The highest BCUT2D eigenvalue weighted by Gasteiger charge is 2.13. The summed E-state index contributed by atoms with van der Waals surface area (Å²) in [7, 11) is 0. The maximum absolute atomic E-state index is 13.0. The van der Waals surface area contributed by atoms with E-state index in [9.17, 15) is 14.4 Å². The van der Waals surface area contributed by atoms with E-state index in [4.69, 9.17) is 0 Å². The maximum atomic E-state index is 13.0. The zero-order valence-corrected chi connectivity index (χ0v) is 19.5. The minimum Gasteiger partial charge on any atom is -0.352 e. The van der Waals surface area contributed by atoms with Crippen molar-refractivity contribution in [1.29, 1.82) is 0 Å². The molecule has 6 heteroatoms. The predicted molar refractivity (Wildman–Crippen MR) is 138 cm³/mol. The second kappa shape index (κ2) is 11.1. The highest BCUT2D eigenvalue weighted by atomic mass is 16.2. The Kier molecular flexibility index (Phi) is 7.53. The van der Waals surface area contributed by atoms with Crippen LogP contribution in [0.1, 0.15) is 38.3 Å². The number of aromatic nitrogens is 1. The Morgan fingerprint density at radius 3 is 2.20 bits per heavy atom. The normalized spacial score (nSPS) is 10.5. The fourth-order valence-corrected chi connectivity index (χ4v) is 3.84. The SMILES string of the molecule is Cc1ccccc1C(=O)Nc1ccc(-n2cccc(C(=O)NCCCc3ccccc3)c2=O)cc1. The number of hydrogen-bond donors (Lipinski definition) is 2. The molecule has 35 heavy (non-hydrogen) atoms. The van der Waals surface area contributed by atoms with E-state index in [2.05, 4.69) is 22.8 Å². The molecule has 0 spiro atoms. The summed E-state index contributed by atoms with van der Waals surface area (Å²) in [4.78, 5) is 38.2. The molecule has 0 fully saturated rings. The van der Waals surface area contributed by atoms with Crippen molar-refractivity contribution >= 4 is 17.5 Å². The van der Waals surface area contributed by atoms with Gasteiger partial charge in [0.2, 0.25) is 0 Å². The van der Waals surface area contributed by atoms with Crippen molar-refractivity contribution in [2.45, 2.75) is 19.8 Å². The Balaban J connectivity index is 1.40. The molecule has 0 aliphatic heterocycles. The number of amides is 2. The molecule has 2 N–H and O–H groups in total. The summed E-state index contributed by atoms with van der Waals surface area (Å²) >= 11 is 0. The fraction of sp³-hybridized carbons (Fsp3) is 0.138. The lowest BCUT2D eigenvalue weighted by atomic mass is 10.1. The van der Waals surface area contributed by atoms with Crippen LogP contribution in [0.25, 0.3) is 5.69 Å². The first kappa shape index (κ1) is 23.7. The highest BCUT2D eigenvalue weighted by Crippen LogP contribution is 2.15. The second-order valence-corrected chi connectivity index (χ2v) is 8.26. The molecule has 0 aliphatic rings. The van der Waals surface area contributed by atoms with Crippen molar-refractivity contribution < 1.29 is 9.59 Å². The number of rotatable bonds is 8. The van der Waals surface area contributed by atoms with Gasteiger partial charge in [-0.05, 0) is 73.4 Å². The molecule has 6 nitrogen and oxygen atoms in total. The predicted octanol–water partition coefficient (Wildman–Crippen LogP) is 4.76. The van der Waals surface area contributed by atoms with Crippen LogP contribution >= 0.6 is 0 Å². The number of aryl methyl sites for hydroxylation is 2. The van der Waals surface area contributed by atoms with Crippen LogP contribution in [0.3, 0.4) is 0 Å². The van der Waals surface area contributed by atoms with E-state index in [1.807, 2.05) is 43.3 Å². The van der Waals surface area contributed by atoms with Crippen molar-refractivity contribution in [3.8, 4) is 5.69 Å². The monoisotopic (exact) mass is 465 g/mol. The van der Waals surface area contributed by atoms with Crippen LogP contribution in [0, 0.1) is 6.92 Å². The first-order valence-corrected chi connectivity index (χ1v) is 11.5. The third-order valence-electron chi connectivity index (χ3n) is 5.76. The summed E-state index contributed by atoms with van der Waals surface area (Å²) in [6, 6.07) is 27.6. The van der Waals surface area contributed by atoms with E-state index in [1.165, 1.54) is 16.2 Å². The number of anilines is 1. The Hall–Kier alpha value is -4.45. The standard InChI is InChI=1S/C29H27N3O3/c1-21-9-5-6-13-25(21)28(34)31-23-15-17-24(18-16-23)32-20-8-14-26(29(32)35)27(33)30-19-7-12-22-10-3-2-4-11-22/h2-6,8-11,13-18,20H,7,12,19H2,1H3,(H,30,33)(H,31,34). The quantitative estimate of drug-likeness (QED) is 0.368. The van der Waals surface area contributed by atoms with Gasteiger partial charge >= 0.3 is 0 Å². The number of carbonyl (C=O) groups excluding carboxylic acids is 2. The smallest absolute Gasteiger partial charge is 0.267 e. The first-order chi connectivity index (χ1) is 17.0. The van der Waals surface area contributed by atoms with E-state index in [1.54, 1.807) is 42.6 Å². The third-order valence-corrected chi connectivity index (χ3v) is 5.76. The third kappa shape index (κ3) is 5.92. The van der Waals surface area contributed by atoms with E-state index in [0.717, 1.165) is 18.4 Å². The summed E-state index contributed by atoms with van der Waals surface area (Å²) in [6.45, 7) is 2.37. The molecule has 4 aromatic rings. The first-order valence-electron chi connectivity index (χ1n) is 11.5. The van der Waals surface area contributed by atoms with Gasteiger partial charge in [-0.3, -0.25) is 19.0 Å². The van der Waals surface area contributed by atoms with E-state index in [0.29, 0.717) is 23.5 Å². The molecular weight excluding hydrogens is 438 g/mol. The molecule has 0 saturated heterocycles. The van der Waals surface area contributed by atoms with Crippen LogP contribution in [-0.4, -0.2) is 22.9 Å². The van der Waals surface area contributed by atoms with Gasteiger partial charge in [0.25, 0.3) is 17.4 Å². The molecule has 1 heterocycles. The minimum absolute atomic E-state index is 0.0872. The molecule has 0 unspecified atom stereocenters. The van der Waals surface area contributed by atoms with Crippen molar-refractivity contribution in [2.24, 2.45) is 0 Å². The number of nitrogens with zero attached hydrogens (tertiary/aromatic N) is 1. The molecule has 0 aliphatic carbocycles. The summed E-state index contributed by atoms with van der Waals surface area (Å²) in [5, 5.41) is 5.71. The van der Waals surface area contributed by atoms with Gasteiger partial charge in [0.1, 0.15) is 5.56 Å². The summed E-state index contributed by atoms with van der Waals surface area (Å²) < 4.78 is 1.42. The van der Waals surface area contributed by atoms with Gasteiger partial charge in [-0.2, -0.15) is 0 Å². The van der Waals surface area contributed by atoms with Gasteiger partial charge in [-0.15, -0.1) is 0 Å². The molecule has 176 valence electrons. The van der Waals surface area contributed by atoms with Gasteiger partial charge in [0.15, 0.2) is 0 Å². The fourth-order valence-electron chi connectivity index (χ4n) is 3.84. The lowest BCUT2D eigenvalue weighted by Gasteiger charge is -2.11. The Labute approximate surface area is 204 Å². The minimum atomic E-state index is -0.398. The second-order valence-electron chi connectivity index (χ2n) is 8.26. The number of nitrogens with one attached hydrogen (secondary N) is 2. The van der Waals surface area contributed by atoms with Crippen LogP contribution in [0.5, 0.6) is 0 Å². The lowest BCUT2D eigenvalue weighted by molar-refractivity contribution is 0.0950. The van der Waals surface area contributed by atoms with E-state index < -0.39 is 5.56 Å². The zero-order valence-electron chi connectivity index (χ0n) is 19.5. The van der Waals surface area contributed by atoms with E-state index >= 15 is 0 Å². The summed E-state index contributed by atoms with van der Waals surface area (Å²) in [6.07, 6.45) is 3.26. The molecule has 0 atom stereocenters. The van der Waals surface area contributed by atoms with Gasteiger partial charge in [-0.1, -0.05) is 48.5 Å². The van der Waals surface area contributed by atoms with Crippen molar-refractivity contribution in [1.82, 2.24) is 9.88 Å². The Morgan fingerprint density at radius 2 is 1.46 bits per heavy atom. The maximum Gasteiger partial charge on any atom is 0.267 e. The number of benzene rings is 3. The number of carbonyl (C=O) groups is 2. The zero-order chi connectivity index (χ0) is 24.6. The molecular formula is C29H27N3O3. The Bertz CT molecular complexity index is 1380. The van der Waals surface area contributed by atoms with Crippen molar-refractivity contribution in [3.05, 3.63) is 130 Å². The van der Waals surface area contributed by atoms with Crippen LogP contribution in [0.15, 0.2) is 102 Å². The van der Waals surface area contributed by atoms with Crippen molar-refractivity contribution in [2.75, 3.05) is 11.9 Å². The molecule has 3 aromatic carbocycles. The molecule has 0 saturated carbocycles. The number of hydrogen-bond acceptors (Lipinski definition) is 3. The van der Waals surface area contributed by atoms with Crippen LogP contribution in [0.2, 0.25) is 0 Å². The van der Waals surface area contributed by atoms with Crippen LogP contribution < -0.4 is 16.2 Å². The van der Waals surface area contributed by atoms with Gasteiger partial charge in [0, 0.05) is 29.7 Å². The molecule has 1 aromatic heterocycles. The molecule has 2 amide bonds. The van der Waals surface area contributed by atoms with Gasteiger partial charge in [0.05, 0.1) is 0 Å². The largest absolute Gasteiger partial charge is 0.352 e. The molecule has 0 radical (unpaired) electrons. The number of pyridine rings is 1.